The van der Waals surface area contributed by atoms with Gasteiger partial charge in [0.1, 0.15) is 11.9 Å². The molecule has 0 radical (unpaired) electrons. The lowest BCUT2D eigenvalue weighted by Crippen LogP contribution is -2.52. The molecule has 0 bridgehead atoms. The molecule has 25 heavy (non-hydrogen) atoms. The molecule has 1 aliphatic heterocycles. The average molecular weight is 340 g/mol. The van der Waals surface area contributed by atoms with E-state index in [4.69, 9.17) is 0 Å². The molecule has 5 heteroatoms. The van der Waals surface area contributed by atoms with E-state index in [1.165, 1.54) is 29.8 Å². The maximum absolute atomic E-state index is 13.1. The zero-order chi connectivity index (χ0) is 18.0. The number of hydrogen-bond donors (Lipinski definition) is 1. The number of carbonyl (C=O) groups excluding carboxylic acids is 2. The first-order chi connectivity index (χ1) is 12.0. The van der Waals surface area contributed by atoms with Crippen LogP contribution in [0.15, 0.2) is 48.5 Å². The van der Waals surface area contributed by atoms with Crippen molar-refractivity contribution in [2.45, 2.75) is 25.8 Å². The lowest BCUT2D eigenvalue weighted by Gasteiger charge is -2.35. The largest absolute Gasteiger partial charge is 0.352 e. The Kier molecular flexibility index (Phi) is 4.83. The van der Waals surface area contributed by atoms with Crippen LogP contribution in [0.4, 0.5) is 4.39 Å². The van der Waals surface area contributed by atoms with Crippen molar-refractivity contribution in [3.8, 4) is 0 Å². The number of rotatable bonds is 3. The molecule has 130 valence electrons. The van der Waals surface area contributed by atoms with Crippen LogP contribution in [0.25, 0.3) is 0 Å². The Bertz CT molecular complexity index is 769. The molecule has 4 nitrogen and oxygen atoms in total. The molecule has 3 rings (SSSR count). The Hall–Kier alpha value is -2.69. The van der Waals surface area contributed by atoms with Gasteiger partial charge in [-0.05, 0) is 41.3 Å². The van der Waals surface area contributed by atoms with Gasteiger partial charge in [0.25, 0.3) is 5.91 Å². The number of benzene rings is 2. The number of nitrogens with one attached hydrogen (secondary N) is 1. The smallest absolute Gasteiger partial charge is 0.254 e. The summed E-state index contributed by atoms with van der Waals surface area (Å²) in [6.45, 7) is 5.03. The minimum atomic E-state index is -0.674. The molecule has 2 aromatic rings. The van der Waals surface area contributed by atoms with Crippen LogP contribution in [0.2, 0.25) is 0 Å². The van der Waals surface area contributed by atoms with Crippen molar-refractivity contribution in [1.82, 2.24) is 10.2 Å². The summed E-state index contributed by atoms with van der Waals surface area (Å²) in [6.07, 6.45) is 0. The van der Waals surface area contributed by atoms with E-state index in [-0.39, 0.29) is 11.8 Å². The molecule has 1 fully saturated rings. The predicted molar refractivity (Wildman–Crippen MR) is 93.7 cm³/mol. The Labute approximate surface area is 146 Å². The summed E-state index contributed by atoms with van der Waals surface area (Å²) in [7, 11) is 0. The molecule has 1 N–H and O–H groups in total. The van der Waals surface area contributed by atoms with Gasteiger partial charge in [0.2, 0.25) is 5.91 Å². The quantitative estimate of drug-likeness (QED) is 0.932. The third-order valence-electron chi connectivity index (χ3n) is 4.48. The van der Waals surface area contributed by atoms with E-state index >= 15 is 0 Å². The fourth-order valence-corrected chi connectivity index (χ4v) is 3.04. The van der Waals surface area contributed by atoms with Gasteiger partial charge in [-0.1, -0.05) is 38.1 Å². The predicted octanol–water partition coefficient (Wildman–Crippen LogP) is 3.26. The van der Waals surface area contributed by atoms with Crippen LogP contribution >= 0.6 is 0 Å². The first kappa shape index (κ1) is 17.1. The van der Waals surface area contributed by atoms with Crippen LogP contribution in [0.1, 0.15) is 47.3 Å². The molecule has 0 aromatic heterocycles. The number of nitrogens with zero attached hydrogens (tertiary/aromatic N) is 1. The van der Waals surface area contributed by atoms with Gasteiger partial charge in [-0.3, -0.25) is 9.59 Å². The van der Waals surface area contributed by atoms with Gasteiger partial charge in [0, 0.05) is 18.7 Å². The van der Waals surface area contributed by atoms with E-state index < -0.39 is 11.9 Å². The third-order valence-corrected chi connectivity index (χ3v) is 4.48. The van der Waals surface area contributed by atoms with Crippen molar-refractivity contribution in [1.29, 1.82) is 0 Å². The number of halogens is 1. The fraction of sp³-hybridized carbons (Fsp3) is 0.300. The van der Waals surface area contributed by atoms with Gasteiger partial charge in [0.15, 0.2) is 0 Å². The molecular formula is C20H21FN2O2. The van der Waals surface area contributed by atoms with E-state index in [0.717, 1.165) is 5.56 Å². The molecule has 1 aliphatic rings. The van der Waals surface area contributed by atoms with Gasteiger partial charge in [-0.25, -0.2) is 4.39 Å². The van der Waals surface area contributed by atoms with Crippen LogP contribution in [0, 0.1) is 5.82 Å². The Morgan fingerprint density at radius 3 is 2.36 bits per heavy atom. The van der Waals surface area contributed by atoms with Crippen molar-refractivity contribution in [2.75, 3.05) is 13.1 Å². The molecule has 2 aromatic carbocycles. The first-order valence-electron chi connectivity index (χ1n) is 8.41. The normalized spacial score (nSPS) is 17.5. The average Bonchev–Trinajstić information content (AvgIpc) is 2.61. The van der Waals surface area contributed by atoms with Crippen LogP contribution in [-0.4, -0.2) is 29.8 Å². The Morgan fingerprint density at radius 2 is 1.76 bits per heavy atom. The molecule has 1 heterocycles. The third kappa shape index (κ3) is 3.55. The van der Waals surface area contributed by atoms with Gasteiger partial charge in [-0.2, -0.15) is 0 Å². The highest BCUT2D eigenvalue weighted by atomic mass is 19.1. The minimum Gasteiger partial charge on any atom is -0.352 e. The number of carbonyl (C=O) groups is 2. The molecule has 1 unspecified atom stereocenters. The van der Waals surface area contributed by atoms with Crippen LogP contribution in [0.3, 0.4) is 0 Å². The van der Waals surface area contributed by atoms with Gasteiger partial charge >= 0.3 is 0 Å². The molecule has 0 saturated carbocycles. The maximum Gasteiger partial charge on any atom is 0.254 e. The summed E-state index contributed by atoms with van der Waals surface area (Å²) in [5.74, 6) is -0.466. The Morgan fingerprint density at radius 1 is 1.12 bits per heavy atom. The standard InChI is InChI=1S/C20H21FN2O2/c1-13(2)14-3-5-15(6-4-14)18-19(24)22-11-12-23(18)20(25)16-7-9-17(21)10-8-16/h3-10,13,18H,11-12H2,1-2H3,(H,22,24). The molecular weight excluding hydrogens is 319 g/mol. The van der Waals surface area contributed by atoms with Gasteiger partial charge in [0.05, 0.1) is 0 Å². The van der Waals surface area contributed by atoms with Crippen molar-refractivity contribution < 1.29 is 14.0 Å². The lowest BCUT2D eigenvalue weighted by atomic mass is 9.96. The molecule has 0 aliphatic carbocycles. The summed E-state index contributed by atoms with van der Waals surface area (Å²) in [5.41, 5.74) is 2.33. The minimum absolute atomic E-state index is 0.195. The summed E-state index contributed by atoms with van der Waals surface area (Å²) in [4.78, 5) is 26.8. The van der Waals surface area contributed by atoms with Crippen molar-refractivity contribution >= 4 is 11.8 Å². The van der Waals surface area contributed by atoms with Crippen molar-refractivity contribution in [2.24, 2.45) is 0 Å². The summed E-state index contributed by atoms with van der Waals surface area (Å²) in [5, 5.41) is 2.82. The van der Waals surface area contributed by atoms with Gasteiger partial charge < -0.3 is 10.2 Å². The second-order valence-electron chi connectivity index (χ2n) is 6.52. The van der Waals surface area contributed by atoms with E-state index in [1.54, 1.807) is 4.90 Å². The summed E-state index contributed by atoms with van der Waals surface area (Å²) in [6, 6.07) is 12.5. The number of hydrogen-bond acceptors (Lipinski definition) is 2. The summed E-state index contributed by atoms with van der Waals surface area (Å²) >= 11 is 0. The number of piperazine rings is 1. The molecule has 0 spiro atoms. The van der Waals surface area contributed by atoms with E-state index in [2.05, 4.69) is 19.2 Å². The van der Waals surface area contributed by atoms with Crippen molar-refractivity contribution in [3.63, 3.8) is 0 Å². The highest BCUT2D eigenvalue weighted by Gasteiger charge is 2.34. The second-order valence-corrected chi connectivity index (χ2v) is 6.52. The first-order valence-corrected chi connectivity index (χ1v) is 8.41. The lowest BCUT2D eigenvalue weighted by molar-refractivity contribution is -0.128. The van der Waals surface area contributed by atoms with E-state index in [9.17, 15) is 14.0 Å². The maximum atomic E-state index is 13.1. The SMILES string of the molecule is CC(C)c1ccc(C2C(=O)NCCN2C(=O)c2ccc(F)cc2)cc1. The van der Waals surface area contributed by atoms with Crippen LogP contribution in [0.5, 0.6) is 0 Å². The number of amides is 2. The van der Waals surface area contributed by atoms with Crippen molar-refractivity contribution in [3.05, 3.63) is 71.0 Å². The topological polar surface area (TPSA) is 49.4 Å². The zero-order valence-electron chi connectivity index (χ0n) is 14.3. The molecule has 2 amide bonds. The van der Waals surface area contributed by atoms with Crippen LogP contribution < -0.4 is 5.32 Å². The zero-order valence-corrected chi connectivity index (χ0v) is 14.3. The van der Waals surface area contributed by atoms with E-state index in [0.29, 0.717) is 24.6 Å². The Balaban J connectivity index is 1.92. The molecule has 1 atom stereocenters. The molecule has 1 saturated heterocycles. The monoisotopic (exact) mass is 340 g/mol. The summed E-state index contributed by atoms with van der Waals surface area (Å²) < 4.78 is 13.1. The van der Waals surface area contributed by atoms with Crippen LogP contribution in [-0.2, 0) is 4.79 Å². The van der Waals surface area contributed by atoms with Gasteiger partial charge in [-0.15, -0.1) is 0 Å². The highest BCUT2D eigenvalue weighted by Crippen LogP contribution is 2.27. The van der Waals surface area contributed by atoms with E-state index in [1.807, 2.05) is 24.3 Å². The second kappa shape index (κ2) is 7.05. The highest BCUT2D eigenvalue weighted by molar-refractivity contribution is 5.98. The fourth-order valence-electron chi connectivity index (χ4n) is 3.04.